The molecule has 14 heavy (non-hydrogen) atoms. The number of rotatable bonds is 2. The number of hydrogen-bond acceptors (Lipinski definition) is 1. The molecule has 0 aromatic carbocycles. The third-order valence-electron chi connectivity index (χ3n) is 2.95. The zero-order valence-electron chi connectivity index (χ0n) is 9.12. The van der Waals surface area contributed by atoms with E-state index in [1.54, 1.807) is 0 Å². The van der Waals surface area contributed by atoms with Crippen molar-refractivity contribution in [3.05, 3.63) is 24.8 Å². The molecule has 0 aromatic rings. The molecule has 1 amide bonds. The van der Waals surface area contributed by atoms with Gasteiger partial charge in [-0.3, -0.25) is 4.79 Å². The highest BCUT2D eigenvalue weighted by atomic mass is 16.2. The van der Waals surface area contributed by atoms with Gasteiger partial charge in [-0.15, -0.1) is 0 Å². The molecule has 2 nitrogen and oxygen atoms in total. The van der Waals surface area contributed by atoms with Crippen molar-refractivity contribution in [2.45, 2.75) is 45.2 Å². The Morgan fingerprint density at radius 3 is 2.29 bits per heavy atom. The topological polar surface area (TPSA) is 20.3 Å². The van der Waals surface area contributed by atoms with Crippen LogP contribution in [-0.4, -0.2) is 22.9 Å². The second-order valence-electron chi connectivity index (χ2n) is 4.07. The first-order valence-electron chi connectivity index (χ1n) is 5.22. The molecule has 0 bridgehead atoms. The van der Waals surface area contributed by atoms with Gasteiger partial charge in [0.05, 0.1) is 0 Å². The molecule has 1 aliphatic heterocycles. The molecule has 0 radical (unpaired) electrons. The molecule has 0 unspecified atom stereocenters. The van der Waals surface area contributed by atoms with Crippen LogP contribution in [-0.2, 0) is 4.79 Å². The summed E-state index contributed by atoms with van der Waals surface area (Å²) >= 11 is 0. The monoisotopic (exact) mass is 193 g/mol. The maximum Gasteiger partial charge on any atom is 0.253 e. The van der Waals surface area contributed by atoms with E-state index in [1.807, 2.05) is 4.90 Å². The highest BCUT2D eigenvalue weighted by molar-refractivity contribution is 5.95. The summed E-state index contributed by atoms with van der Waals surface area (Å²) in [5.41, 5.74) is 0.505. The van der Waals surface area contributed by atoms with Crippen molar-refractivity contribution in [3.63, 3.8) is 0 Å². The van der Waals surface area contributed by atoms with Gasteiger partial charge in [0.2, 0.25) is 0 Å². The first kappa shape index (κ1) is 11.0. The van der Waals surface area contributed by atoms with Gasteiger partial charge in [0.25, 0.3) is 5.91 Å². The Balaban J connectivity index is 2.77. The normalized spacial score (nSPS) is 27.1. The molecular weight excluding hydrogens is 174 g/mol. The number of amides is 1. The summed E-state index contributed by atoms with van der Waals surface area (Å²) in [5.74, 6) is 0.0414. The van der Waals surface area contributed by atoms with Gasteiger partial charge in [0.1, 0.15) is 0 Å². The largest absolute Gasteiger partial charge is 0.333 e. The molecule has 0 saturated carbocycles. The lowest BCUT2D eigenvalue weighted by Gasteiger charge is -2.39. The van der Waals surface area contributed by atoms with Crippen LogP contribution >= 0.6 is 0 Å². The summed E-state index contributed by atoms with van der Waals surface area (Å²) in [6.45, 7) is 11.5. The summed E-state index contributed by atoms with van der Waals surface area (Å²) in [7, 11) is 0. The minimum absolute atomic E-state index is 0.0414. The van der Waals surface area contributed by atoms with Crippen LogP contribution in [0.15, 0.2) is 24.8 Å². The van der Waals surface area contributed by atoms with Crippen LogP contribution in [0.3, 0.4) is 0 Å². The zero-order valence-corrected chi connectivity index (χ0v) is 9.12. The zero-order chi connectivity index (χ0) is 10.7. The van der Waals surface area contributed by atoms with Gasteiger partial charge >= 0.3 is 0 Å². The van der Waals surface area contributed by atoms with Crippen LogP contribution in [0.1, 0.15) is 33.1 Å². The quantitative estimate of drug-likeness (QED) is 0.487. The summed E-state index contributed by atoms with van der Waals surface area (Å²) < 4.78 is 0. The van der Waals surface area contributed by atoms with E-state index in [4.69, 9.17) is 0 Å². The summed E-state index contributed by atoms with van der Waals surface area (Å²) in [6.07, 6.45) is 4.95. The second-order valence-corrected chi connectivity index (χ2v) is 4.07. The van der Waals surface area contributed by atoms with Gasteiger partial charge in [0, 0.05) is 17.7 Å². The van der Waals surface area contributed by atoms with Gasteiger partial charge in [0.15, 0.2) is 0 Å². The first-order valence-corrected chi connectivity index (χ1v) is 5.22. The minimum Gasteiger partial charge on any atom is -0.333 e. The fourth-order valence-corrected chi connectivity index (χ4v) is 2.07. The lowest BCUT2D eigenvalue weighted by Crippen LogP contribution is -2.47. The molecule has 78 valence electrons. The fraction of sp³-hybridized carbons (Fsp3) is 0.583. The van der Waals surface area contributed by atoms with E-state index in [-0.39, 0.29) is 5.91 Å². The number of likely N-dealkylation sites (tertiary alicyclic amines) is 1. The van der Waals surface area contributed by atoms with E-state index in [0.29, 0.717) is 17.7 Å². The van der Waals surface area contributed by atoms with Crippen molar-refractivity contribution in [1.82, 2.24) is 4.90 Å². The highest BCUT2D eigenvalue weighted by Gasteiger charge is 2.29. The van der Waals surface area contributed by atoms with Gasteiger partial charge < -0.3 is 4.90 Å². The van der Waals surface area contributed by atoms with Crippen LogP contribution in [0.2, 0.25) is 0 Å². The predicted octanol–water partition coefficient (Wildman–Crippen LogP) is 2.52. The average Bonchev–Trinajstić information content (AvgIpc) is 2.16. The number of hydrogen-bond donors (Lipinski definition) is 0. The minimum atomic E-state index is 0.0414. The molecule has 1 aliphatic rings. The van der Waals surface area contributed by atoms with E-state index in [2.05, 4.69) is 27.0 Å². The third-order valence-corrected chi connectivity index (χ3v) is 2.95. The molecule has 2 atom stereocenters. The van der Waals surface area contributed by atoms with E-state index >= 15 is 0 Å². The second kappa shape index (κ2) is 4.45. The smallest absolute Gasteiger partial charge is 0.253 e. The maximum absolute atomic E-state index is 11.9. The molecule has 1 rings (SSSR count). The molecule has 2 heteroatoms. The fourth-order valence-electron chi connectivity index (χ4n) is 2.07. The van der Waals surface area contributed by atoms with Crippen molar-refractivity contribution in [3.8, 4) is 0 Å². The summed E-state index contributed by atoms with van der Waals surface area (Å²) in [4.78, 5) is 13.8. The average molecular weight is 193 g/mol. The SMILES string of the molecule is C=CC(=C)C(=O)N1[C@H](C)CCC[C@@H]1C. The number of carbonyl (C=O) groups excluding carboxylic acids is 1. The van der Waals surface area contributed by atoms with Gasteiger partial charge in [-0.25, -0.2) is 0 Å². The molecule has 1 heterocycles. The standard InChI is InChI=1S/C12H19NO/c1-5-9(2)12(14)13-10(3)7-6-8-11(13)4/h5,10-11H,1-2,6-8H2,3-4H3/t10-,11+. The Morgan fingerprint density at radius 1 is 1.36 bits per heavy atom. The Morgan fingerprint density at radius 2 is 1.86 bits per heavy atom. The molecule has 1 fully saturated rings. The Hall–Kier alpha value is -1.05. The van der Waals surface area contributed by atoms with E-state index in [9.17, 15) is 4.79 Å². The molecular formula is C12H19NO. The maximum atomic E-state index is 11.9. The van der Waals surface area contributed by atoms with Crippen LogP contribution in [0.4, 0.5) is 0 Å². The van der Waals surface area contributed by atoms with Crippen LogP contribution < -0.4 is 0 Å². The lowest BCUT2D eigenvalue weighted by atomic mass is 9.96. The van der Waals surface area contributed by atoms with Gasteiger partial charge in [-0.1, -0.05) is 19.2 Å². The van der Waals surface area contributed by atoms with Crippen molar-refractivity contribution in [2.24, 2.45) is 0 Å². The van der Waals surface area contributed by atoms with Gasteiger partial charge in [-0.2, -0.15) is 0 Å². The third kappa shape index (κ3) is 2.06. The van der Waals surface area contributed by atoms with E-state index < -0.39 is 0 Å². The number of carbonyl (C=O) groups is 1. The van der Waals surface area contributed by atoms with Crippen LogP contribution in [0, 0.1) is 0 Å². The Bertz CT molecular complexity index is 247. The molecule has 0 aliphatic carbocycles. The lowest BCUT2D eigenvalue weighted by molar-refractivity contribution is -0.132. The first-order chi connectivity index (χ1) is 6.57. The predicted molar refractivity (Wildman–Crippen MR) is 59.0 cm³/mol. The van der Waals surface area contributed by atoms with Crippen molar-refractivity contribution < 1.29 is 4.79 Å². The Kier molecular flexibility index (Phi) is 3.50. The summed E-state index contributed by atoms with van der Waals surface area (Å²) in [5, 5.41) is 0. The van der Waals surface area contributed by atoms with Crippen molar-refractivity contribution >= 4 is 5.91 Å². The van der Waals surface area contributed by atoms with Crippen molar-refractivity contribution in [1.29, 1.82) is 0 Å². The van der Waals surface area contributed by atoms with Crippen LogP contribution in [0.25, 0.3) is 0 Å². The van der Waals surface area contributed by atoms with E-state index in [0.717, 1.165) is 12.8 Å². The van der Waals surface area contributed by atoms with Gasteiger partial charge in [-0.05, 0) is 33.1 Å². The molecule has 1 saturated heterocycles. The Labute approximate surface area is 86.3 Å². The molecule has 0 aromatic heterocycles. The molecule has 0 N–H and O–H groups in total. The molecule has 0 spiro atoms. The van der Waals surface area contributed by atoms with Crippen LogP contribution in [0.5, 0.6) is 0 Å². The number of piperidine rings is 1. The van der Waals surface area contributed by atoms with Crippen molar-refractivity contribution in [2.75, 3.05) is 0 Å². The number of nitrogens with zero attached hydrogens (tertiary/aromatic N) is 1. The van der Waals surface area contributed by atoms with E-state index in [1.165, 1.54) is 12.5 Å². The summed E-state index contributed by atoms with van der Waals surface area (Å²) in [6, 6.07) is 0.672. The highest BCUT2D eigenvalue weighted by Crippen LogP contribution is 2.23.